The second kappa shape index (κ2) is 7.59. The van der Waals surface area contributed by atoms with Gasteiger partial charge in [-0.05, 0) is 78.4 Å². The van der Waals surface area contributed by atoms with Crippen LogP contribution in [0.5, 0.6) is 0 Å². The van der Waals surface area contributed by atoms with Crippen molar-refractivity contribution in [1.29, 1.82) is 0 Å². The summed E-state index contributed by atoms with van der Waals surface area (Å²) in [6.45, 7) is 0. The van der Waals surface area contributed by atoms with E-state index in [2.05, 4.69) is 39.1 Å². The molecule has 7 atom stereocenters. The SMILES string of the molecule is O=C1C2C3CC(C2C(=O)N1c1ccc(F)cc1)C1C(c2cccc(Br)c2)c2sc(=S)[nH]c2SC31. The fraction of sp³-hybridized carbons (Fsp3) is 0.320. The zero-order valence-electron chi connectivity index (χ0n) is 17.6. The van der Waals surface area contributed by atoms with Gasteiger partial charge in [0, 0.05) is 20.5 Å². The monoisotopic (exact) mass is 572 g/mol. The first-order valence-corrected chi connectivity index (χ1v) is 14.1. The first-order chi connectivity index (χ1) is 16.4. The molecule has 2 aliphatic heterocycles. The molecule has 2 bridgehead atoms. The molecule has 1 saturated heterocycles. The van der Waals surface area contributed by atoms with Gasteiger partial charge in [-0.2, -0.15) is 0 Å². The molecule has 0 radical (unpaired) electrons. The van der Waals surface area contributed by atoms with Gasteiger partial charge in [0.05, 0.1) is 22.5 Å². The highest BCUT2D eigenvalue weighted by atomic mass is 79.9. The number of nitrogens with zero attached hydrogens (tertiary/aromatic N) is 1. The van der Waals surface area contributed by atoms with E-state index in [9.17, 15) is 14.0 Å². The van der Waals surface area contributed by atoms with E-state index in [1.54, 1.807) is 11.3 Å². The number of amides is 2. The van der Waals surface area contributed by atoms with Crippen molar-refractivity contribution in [3.05, 3.63) is 73.2 Å². The van der Waals surface area contributed by atoms with Crippen LogP contribution in [0, 0.1) is 39.4 Å². The minimum absolute atomic E-state index is 0.127. The van der Waals surface area contributed by atoms with Gasteiger partial charge in [-0.3, -0.25) is 14.5 Å². The molecule has 2 aromatic carbocycles. The van der Waals surface area contributed by atoms with Crippen LogP contribution >= 0.6 is 51.2 Å². The molecule has 1 aromatic heterocycles. The van der Waals surface area contributed by atoms with Crippen molar-refractivity contribution in [3.8, 4) is 0 Å². The number of aromatic amines is 1. The van der Waals surface area contributed by atoms with Gasteiger partial charge in [0.25, 0.3) is 0 Å². The number of nitrogens with one attached hydrogen (secondary N) is 1. The molecule has 7 rings (SSSR count). The Balaban J connectivity index is 1.33. The summed E-state index contributed by atoms with van der Waals surface area (Å²) in [4.78, 5) is 33.2. The van der Waals surface area contributed by atoms with Crippen LogP contribution < -0.4 is 4.90 Å². The molecule has 7 unspecified atom stereocenters. The van der Waals surface area contributed by atoms with E-state index in [-0.39, 0.29) is 58.4 Å². The smallest absolute Gasteiger partial charge is 0.238 e. The number of hydrogen-bond donors (Lipinski definition) is 1. The van der Waals surface area contributed by atoms with E-state index < -0.39 is 0 Å². The van der Waals surface area contributed by atoms with Gasteiger partial charge >= 0.3 is 0 Å². The van der Waals surface area contributed by atoms with Crippen molar-refractivity contribution < 1.29 is 14.0 Å². The number of fused-ring (bicyclic) bond motifs is 9. The Kier molecular flexibility index (Phi) is 4.79. The third-order valence-electron chi connectivity index (χ3n) is 8.02. The number of thiazole rings is 1. The Bertz CT molecular complexity index is 1420. The molecular formula is C25H18BrFN2O2S3. The molecule has 4 aliphatic rings. The fourth-order valence-corrected chi connectivity index (χ4v) is 10.7. The van der Waals surface area contributed by atoms with Crippen LogP contribution in [-0.2, 0) is 9.59 Å². The summed E-state index contributed by atoms with van der Waals surface area (Å²) in [7, 11) is 0. The van der Waals surface area contributed by atoms with E-state index in [1.807, 2.05) is 17.8 Å². The van der Waals surface area contributed by atoms with Crippen LogP contribution in [0.25, 0.3) is 0 Å². The summed E-state index contributed by atoms with van der Waals surface area (Å²) in [5, 5.41) is 1.35. The van der Waals surface area contributed by atoms with Gasteiger partial charge in [-0.1, -0.05) is 28.1 Å². The van der Waals surface area contributed by atoms with Crippen LogP contribution in [0.2, 0.25) is 0 Å². The molecule has 172 valence electrons. The van der Waals surface area contributed by atoms with E-state index >= 15 is 0 Å². The topological polar surface area (TPSA) is 53.2 Å². The van der Waals surface area contributed by atoms with Crippen LogP contribution in [0.3, 0.4) is 0 Å². The van der Waals surface area contributed by atoms with Crippen LogP contribution in [-0.4, -0.2) is 22.0 Å². The van der Waals surface area contributed by atoms with Crippen molar-refractivity contribution >= 4 is 68.7 Å². The Hall–Kier alpha value is -1.81. The van der Waals surface area contributed by atoms with Crippen molar-refractivity contribution in [2.75, 3.05) is 4.90 Å². The largest absolute Gasteiger partial charge is 0.332 e. The van der Waals surface area contributed by atoms with E-state index in [1.165, 1.54) is 39.6 Å². The normalized spacial score (nSPS) is 33.2. The standard InChI is InChI=1S/C25H18BrFN2O2S3/c26-11-3-1-2-10(8-11)16-17-14-9-15(20(17)33-22-21(16)34-25(32)28-22)19-18(14)23(30)29(24(19)31)13-6-4-12(27)5-7-13/h1-8,14-20H,9H2,(H,28,32). The number of halogens is 2. The molecule has 3 heterocycles. The number of carbonyl (C=O) groups excluding carboxylic acids is 2. The Morgan fingerprint density at radius 2 is 1.79 bits per heavy atom. The highest BCUT2D eigenvalue weighted by Crippen LogP contribution is 2.69. The highest BCUT2D eigenvalue weighted by molar-refractivity contribution is 9.10. The summed E-state index contributed by atoms with van der Waals surface area (Å²) in [5.74, 6) is -0.603. The zero-order chi connectivity index (χ0) is 23.3. The predicted molar refractivity (Wildman–Crippen MR) is 136 cm³/mol. The lowest BCUT2D eigenvalue weighted by Gasteiger charge is -2.43. The summed E-state index contributed by atoms with van der Waals surface area (Å²) in [6.07, 6.45) is 0.895. The van der Waals surface area contributed by atoms with Crippen molar-refractivity contribution in [2.24, 2.45) is 29.6 Å². The van der Waals surface area contributed by atoms with Gasteiger partial charge in [-0.25, -0.2) is 4.39 Å². The number of hydrogen-bond acceptors (Lipinski definition) is 5. The maximum absolute atomic E-state index is 13.7. The lowest BCUT2D eigenvalue weighted by Crippen LogP contribution is -2.42. The number of rotatable bonds is 2. The Morgan fingerprint density at radius 1 is 1.06 bits per heavy atom. The fourth-order valence-electron chi connectivity index (χ4n) is 6.93. The van der Waals surface area contributed by atoms with Crippen LogP contribution in [0.4, 0.5) is 10.1 Å². The second-order valence-corrected chi connectivity index (χ2v) is 13.3. The van der Waals surface area contributed by atoms with Crippen LogP contribution in [0.1, 0.15) is 22.8 Å². The number of H-pyrrole nitrogens is 1. The number of thioether (sulfide) groups is 1. The first kappa shape index (κ1) is 21.5. The molecule has 1 N–H and O–H groups in total. The van der Waals surface area contributed by atoms with Crippen LogP contribution in [0.15, 0.2) is 58.0 Å². The molecular weight excluding hydrogens is 555 g/mol. The number of benzene rings is 2. The summed E-state index contributed by atoms with van der Waals surface area (Å²) >= 11 is 12.6. The molecule has 4 nitrogen and oxygen atoms in total. The molecule has 0 spiro atoms. The highest BCUT2D eigenvalue weighted by Gasteiger charge is 2.69. The molecule has 2 saturated carbocycles. The molecule has 2 amide bonds. The minimum Gasteiger partial charge on any atom is -0.332 e. The minimum atomic E-state index is -0.383. The van der Waals surface area contributed by atoms with Gasteiger partial charge in [0.2, 0.25) is 11.8 Å². The van der Waals surface area contributed by atoms with E-state index in [4.69, 9.17) is 12.2 Å². The van der Waals surface area contributed by atoms with E-state index in [0.717, 1.165) is 19.9 Å². The van der Waals surface area contributed by atoms with Gasteiger partial charge in [0.1, 0.15) is 5.82 Å². The number of anilines is 1. The van der Waals surface area contributed by atoms with Gasteiger partial charge in [-0.15, -0.1) is 23.1 Å². The lowest BCUT2D eigenvalue weighted by molar-refractivity contribution is -0.123. The van der Waals surface area contributed by atoms with Gasteiger partial charge in [0.15, 0.2) is 3.95 Å². The van der Waals surface area contributed by atoms with Crippen molar-refractivity contribution in [1.82, 2.24) is 4.98 Å². The Labute approximate surface area is 217 Å². The maximum atomic E-state index is 13.7. The summed E-state index contributed by atoms with van der Waals surface area (Å²) in [6, 6.07) is 14.1. The lowest BCUT2D eigenvalue weighted by atomic mass is 9.68. The third kappa shape index (κ3) is 2.90. The summed E-state index contributed by atoms with van der Waals surface area (Å²) in [5.41, 5.74) is 1.68. The summed E-state index contributed by atoms with van der Waals surface area (Å²) < 4.78 is 15.3. The molecule has 9 heteroatoms. The van der Waals surface area contributed by atoms with Gasteiger partial charge < -0.3 is 4.98 Å². The first-order valence-electron chi connectivity index (χ1n) is 11.2. The average Bonchev–Trinajstić information content (AvgIpc) is 3.53. The number of aromatic nitrogens is 1. The molecule has 2 aliphatic carbocycles. The predicted octanol–water partition coefficient (Wildman–Crippen LogP) is 6.39. The third-order valence-corrected chi connectivity index (χ3v) is 11.5. The quantitative estimate of drug-likeness (QED) is 0.286. The molecule has 3 fully saturated rings. The van der Waals surface area contributed by atoms with Crippen molar-refractivity contribution in [3.63, 3.8) is 0 Å². The molecule has 3 aromatic rings. The van der Waals surface area contributed by atoms with Crippen molar-refractivity contribution in [2.45, 2.75) is 22.6 Å². The zero-order valence-corrected chi connectivity index (χ0v) is 21.6. The second-order valence-electron chi connectivity index (χ2n) is 9.50. The number of carbonyl (C=O) groups is 2. The number of imide groups is 1. The maximum Gasteiger partial charge on any atom is 0.238 e. The Morgan fingerprint density at radius 3 is 2.53 bits per heavy atom. The average molecular weight is 574 g/mol. The van der Waals surface area contributed by atoms with E-state index in [0.29, 0.717) is 5.69 Å². The molecule has 34 heavy (non-hydrogen) atoms.